The van der Waals surface area contributed by atoms with Crippen LogP contribution < -0.4 is 139 Å². The minimum atomic E-state index is -5.08. The van der Waals surface area contributed by atoms with E-state index in [9.17, 15) is 51.8 Å². The number of aliphatic carboxylic acids is 1. The molecule has 0 unspecified atom stereocenters. The number of carboxylic acid groups (broad SMARTS) is 2. The van der Waals surface area contributed by atoms with E-state index in [2.05, 4.69) is 141 Å². The number of ether oxygens (including phenoxy) is 3. The molecule has 4 aromatic rings. The average Bonchev–Trinajstić information content (AvgIpc) is 0.821. The number of piperazine rings is 3. The summed E-state index contributed by atoms with van der Waals surface area (Å²) in [6.45, 7) is 39.6. The van der Waals surface area contributed by atoms with E-state index >= 15 is 0 Å². The van der Waals surface area contributed by atoms with Gasteiger partial charge in [0.2, 0.25) is 17.7 Å². The van der Waals surface area contributed by atoms with Crippen LogP contribution >= 0.6 is 47.8 Å². The number of rotatable bonds is 12. The second kappa shape index (κ2) is 58.7. The SMILES string of the molecule is C.C.CC(=O)N1CCC(N)CC1.CC(=O)N1CCC(Nc2cc(C(=O)O)cc(N3CCN(C)CC3)n2)CC1.CC(=O)N1CCC(Nc2cc(C(=O)OC(C)(C)C)cc(N3CCN(C)CC3)n2)CC1.CC(C)(C)OC(=O)c1cc(Br)nc(Br)c1.CN1CCCCC1.CN1CCN(c2cc(C(=O)OC(C)(C)C)cc(Br)n2)CC1.O=C(O)C(F)(F)F.O=CO[O-].[H-].[K+].[K+]. The molecule has 124 heavy (non-hydrogen) atoms. The van der Waals surface area contributed by atoms with Crippen molar-refractivity contribution in [3.8, 4) is 0 Å². The monoisotopic (exact) mass is 2000 g/mol. The van der Waals surface area contributed by atoms with Crippen LogP contribution in [0.1, 0.15) is 199 Å². The molecule has 6 N–H and O–H groups in total. The van der Waals surface area contributed by atoms with Crippen molar-refractivity contribution in [2.75, 3.05) is 184 Å². The molecule has 690 valence electrons. The van der Waals surface area contributed by atoms with Crippen molar-refractivity contribution in [2.24, 2.45) is 5.73 Å². The number of piperidine rings is 4. The molecule has 41 heteroatoms. The van der Waals surface area contributed by atoms with Crippen molar-refractivity contribution in [3.05, 3.63) is 84.6 Å². The van der Waals surface area contributed by atoms with E-state index in [0.29, 0.717) is 54.0 Å². The van der Waals surface area contributed by atoms with Gasteiger partial charge in [0, 0.05) is 157 Å². The number of nitrogens with two attached hydrogens (primary N) is 1. The molecule has 0 aromatic carbocycles. The third-order valence-corrected chi connectivity index (χ3v) is 20.4. The molecule has 7 aliphatic rings. The summed E-state index contributed by atoms with van der Waals surface area (Å²) in [5.41, 5.74) is 5.88. The molecule has 0 saturated carbocycles. The number of amides is 3. The van der Waals surface area contributed by atoms with E-state index in [-0.39, 0.29) is 179 Å². The van der Waals surface area contributed by atoms with Crippen molar-refractivity contribution in [1.82, 2.24) is 54.2 Å². The fraction of sp³-hybridized carbons (Fsp3) is 0.651. The number of carboxylic acids is 2. The molecule has 7 saturated heterocycles. The first-order valence-corrected chi connectivity index (χ1v) is 42.4. The van der Waals surface area contributed by atoms with Crippen molar-refractivity contribution in [1.29, 1.82) is 0 Å². The van der Waals surface area contributed by atoms with Crippen LogP contribution in [-0.4, -0.2) is 319 Å². The van der Waals surface area contributed by atoms with Gasteiger partial charge >= 0.3 is 139 Å². The van der Waals surface area contributed by atoms with Gasteiger partial charge in [0.05, 0.1) is 22.3 Å². The zero-order chi connectivity index (χ0) is 90.0. The third kappa shape index (κ3) is 48.1. The summed E-state index contributed by atoms with van der Waals surface area (Å²) in [6.07, 6.45) is 4.50. The Bertz CT molecular complexity index is 3920. The number of aromatic nitrogens is 4. The Morgan fingerprint density at radius 2 is 0.702 bits per heavy atom. The number of nitrogens with zero attached hydrogens (tertiary/aromatic N) is 14. The predicted molar refractivity (Wildman–Crippen MR) is 476 cm³/mol. The summed E-state index contributed by atoms with van der Waals surface area (Å²) in [4.78, 5) is 141. The van der Waals surface area contributed by atoms with Gasteiger partial charge in [0.15, 0.2) is 0 Å². The molecule has 0 spiro atoms. The van der Waals surface area contributed by atoms with E-state index in [0.717, 1.165) is 168 Å². The van der Waals surface area contributed by atoms with Gasteiger partial charge in [-0.2, -0.15) is 13.2 Å². The number of anilines is 5. The molecule has 4 aromatic heterocycles. The summed E-state index contributed by atoms with van der Waals surface area (Å²) in [6, 6.07) is 14.4. The number of hydrogen-bond donors (Lipinski definition) is 5. The van der Waals surface area contributed by atoms with Gasteiger partial charge in [-0.1, -0.05) is 21.3 Å². The van der Waals surface area contributed by atoms with Crippen LogP contribution in [0.4, 0.5) is 42.3 Å². The van der Waals surface area contributed by atoms with Gasteiger partial charge in [-0.3, -0.25) is 19.2 Å². The van der Waals surface area contributed by atoms with Crippen LogP contribution in [0.15, 0.2) is 62.3 Å². The summed E-state index contributed by atoms with van der Waals surface area (Å²) in [7, 11) is 8.50. The van der Waals surface area contributed by atoms with Crippen molar-refractivity contribution in [2.45, 2.75) is 197 Å². The topological polar surface area (TPSA) is 388 Å². The van der Waals surface area contributed by atoms with Crippen LogP contribution in [0, 0.1) is 0 Å². The largest absolute Gasteiger partial charge is 1.00 e. The fourth-order valence-electron chi connectivity index (χ4n) is 12.6. The summed E-state index contributed by atoms with van der Waals surface area (Å²) in [5, 5.41) is 31.9. The van der Waals surface area contributed by atoms with E-state index in [1.165, 1.54) is 32.4 Å². The van der Waals surface area contributed by atoms with E-state index in [4.69, 9.17) is 44.9 Å². The van der Waals surface area contributed by atoms with Crippen LogP contribution in [-0.2, 0) is 43.1 Å². The first-order chi connectivity index (χ1) is 56.0. The van der Waals surface area contributed by atoms with Crippen LogP contribution in [0.25, 0.3) is 0 Å². The van der Waals surface area contributed by atoms with Crippen molar-refractivity contribution >= 4 is 131 Å². The minimum absolute atomic E-state index is 0. The smallest absolute Gasteiger partial charge is 1.00 e. The van der Waals surface area contributed by atoms with Crippen LogP contribution in [0.3, 0.4) is 0 Å². The maximum Gasteiger partial charge on any atom is 1.00 e. The Morgan fingerprint density at radius 3 is 0.968 bits per heavy atom. The Hall–Kier alpha value is -4.91. The Morgan fingerprint density at radius 1 is 0.444 bits per heavy atom. The third-order valence-electron chi connectivity index (χ3n) is 19.2. The molecule has 11 heterocycles. The summed E-state index contributed by atoms with van der Waals surface area (Å²) < 4.78 is 49.8. The molecule has 3 amide bonds. The van der Waals surface area contributed by atoms with E-state index in [1.807, 2.05) is 89.1 Å². The van der Waals surface area contributed by atoms with E-state index in [1.54, 1.807) is 57.2 Å². The van der Waals surface area contributed by atoms with Gasteiger partial charge in [-0.25, -0.2) is 43.9 Å². The zero-order valence-electron chi connectivity index (χ0n) is 75.2. The Balaban J connectivity index is 0. The first-order valence-electron chi connectivity index (χ1n) is 40.0. The molecular formula is C83H133Br3F3K2N17O16. The number of likely N-dealkylation sites (N-methyl/N-ethyl adjacent to an activating group) is 3. The maximum absolute atomic E-state index is 12.8. The number of pyridine rings is 4. The standard InChI is InChI=1S/C22H35N5O3.C18H27N5O3.C15H22BrN3O2.C10H11Br2NO2.C7H14N2O.C6H13N.C2HF3O2.CH2O3.2CH4.2K.H/c1-16(28)26-8-6-18(7-9-26)23-19-14-17(21(29)30-22(2,3)4)15-20(24-19)27-12-10-25(5)11-13-27;1-13(24)22-5-3-15(4-6-22)19-16-11-14(18(25)26)12-17(20-16)23-9-7-21(2)8-10-23;1-15(2,3)21-14(20)11-9-12(16)17-13(10-11)19-7-5-18(4)6-8-19;1-10(2,3)15-9(14)6-4-7(11)13-8(12)5-6;1-6(10)9-4-2-7(8)3-5-9;1-7-5-3-2-4-6-7;3-2(4,5)1(6)7;2-1-4-3;;;;;/h14-15,18H,6-13H2,1-5H3,(H,23,24);11-12,15H,3-10H2,1-2H3,(H,19,20)(H,25,26);9-10H,5-8H2,1-4H3;4-5H,1-3H3;7H,2-5,8H2,1H3;2-6H2,1H3;(H,6,7);1,3H;2*1H4;;;/q;;;;;;;;;;2*+1;-1/p-1. The van der Waals surface area contributed by atoms with Crippen LogP contribution in [0.2, 0.25) is 0 Å². The molecule has 0 radical (unpaired) electrons. The summed E-state index contributed by atoms with van der Waals surface area (Å²) in [5.74, 6) is -0.704. The molecule has 0 aliphatic carbocycles. The number of alkyl halides is 3. The van der Waals surface area contributed by atoms with Crippen molar-refractivity contribution < 1.29 is 195 Å². The molecule has 0 atom stereocenters. The first kappa shape index (κ1) is 119. The Kier molecular flexibility index (Phi) is 56.4. The second-order valence-electron chi connectivity index (χ2n) is 33.0. The van der Waals surface area contributed by atoms with Gasteiger partial charge in [0.1, 0.15) is 59.7 Å². The number of esters is 3. The number of halogens is 6. The predicted octanol–water partition coefficient (Wildman–Crippen LogP) is 4.80. The number of carbonyl (C=O) groups is 9. The molecule has 7 fully saturated rings. The van der Waals surface area contributed by atoms with Gasteiger partial charge in [0.25, 0.3) is 6.47 Å². The molecule has 0 bridgehead atoms. The molecule has 7 aliphatic heterocycles. The number of aromatic carboxylic acids is 1. The number of nitrogens with one attached hydrogen (secondary N) is 2. The van der Waals surface area contributed by atoms with Crippen LogP contribution in [0.5, 0.6) is 0 Å². The molecule has 11 rings (SSSR count). The van der Waals surface area contributed by atoms with E-state index < -0.39 is 34.9 Å². The maximum atomic E-state index is 12.8. The number of carbonyl (C=O) groups excluding carboxylic acids is 7. The fourth-order valence-corrected chi connectivity index (χ4v) is 14.1. The van der Waals surface area contributed by atoms with Gasteiger partial charge in [-0.05, 0) is 251 Å². The number of hydrogen-bond acceptors (Lipinski definition) is 28. The minimum Gasteiger partial charge on any atom is -1.00 e. The quantitative estimate of drug-likeness (QED) is 0.0242. The summed E-state index contributed by atoms with van der Waals surface area (Å²) >= 11 is 9.81. The second-order valence-corrected chi connectivity index (χ2v) is 35.4. The average molecular weight is 2000 g/mol. The zero-order valence-corrected chi connectivity index (χ0v) is 85.2. The molecule has 33 nitrogen and oxygen atoms in total. The number of likely N-dealkylation sites (tertiary alicyclic amines) is 4. The van der Waals surface area contributed by atoms with Gasteiger partial charge < -0.3 is 101 Å². The van der Waals surface area contributed by atoms with Gasteiger partial charge in [-0.15, -0.1) is 0 Å². The normalized spacial score (nSPS) is 16.8. The van der Waals surface area contributed by atoms with Crippen molar-refractivity contribution in [3.63, 3.8) is 0 Å². The Labute approximate surface area is 842 Å². The molecular weight excluding hydrogens is 1870 g/mol.